The molecule has 1 aromatic carbocycles. The van der Waals surface area contributed by atoms with Crippen molar-refractivity contribution in [3.8, 4) is 0 Å². The van der Waals surface area contributed by atoms with Gasteiger partial charge in [-0.15, -0.1) is 35.3 Å². The summed E-state index contributed by atoms with van der Waals surface area (Å²) in [6, 6.07) is 10.3. The second-order valence-corrected chi connectivity index (χ2v) is 7.32. The number of para-hydroxylation sites is 1. The predicted molar refractivity (Wildman–Crippen MR) is 114 cm³/mol. The highest BCUT2D eigenvalue weighted by Crippen LogP contribution is 2.18. The lowest BCUT2D eigenvalue weighted by atomic mass is 10.1. The van der Waals surface area contributed by atoms with Crippen LogP contribution in [0.15, 0.2) is 35.3 Å². The van der Waals surface area contributed by atoms with Crippen molar-refractivity contribution >= 4 is 47.0 Å². The Labute approximate surface area is 165 Å². The molecule has 0 aliphatic carbocycles. The summed E-state index contributed by atoms with van der Waals surface area (Å²) in [6.07, 6.45) is 3.80. The van der Waals surface area contributed by atoms with Crippen molar-refractivity contribution in [2.75, 3.05) is 18.4 Å². The Morgan fingerprint density at radius 3 is 2.50 bits per heavy atom. The summed E-state index contributed by atoms with van der Waals surface area (Å²) in [5, 5.41) is 4.61. The molecule has 0 unspecified atom stereocenters. The van der Waals surface area contributed by atoms with E-state index in [4.69, 9.17) is 4.99 Å². The molecule has 1 N–H and O–H groups in total. The fourth-order valence-corrected chi connectivity index (χ4v) is 3.67. The van der Waals surface area contributed by atoms with E-state index in [0.717, 1.165) is 35.4 Å². The van der Waals surface area contributed by atoms with E-state index in [1.54, 1.807) is 11.3 Å². The van der Waals surface area contributed by atoms with E-state index in [2.05, 4.69) is 41.2 Å². The fraction of sp³-hybridized carbons (Fsp3) is 0.444. The predicted octanol–water partition coefficient (Wildman–Crippen LogP) is 4.83. The average Bonchev–Trinajstić information content (AvgIpc) is 2.91. The van der Waals surface area contributed by atoms with Gasteiger partial charge in [0.1, 0.15) is 0 Å². The van der Waals surface area contributed by atoms with Crippen LogP contribution >= 0.6 is 35.3 Å². The van der Waals surface area contributed by atoms with E-state index in [1.807, 2.05) is 18.2 Å². The first-order chi connectivity index (χ1) is 11.2. The van der Waals surface area contributed by atoms with Crippen LogP contribution < -0.4 is 5.32 Å². The first-order valence-electron chi connectivity index (χ1n) is 8.27. The number of hydrogen-bond acceptors (Lipinski definition) is 3. The number of hydrogen-bond donors (Lipinski definition) is 1. The Morgan fingerprint density at radius 2 is 1.88 bits per heavy atom. The lowest BCUT2D eigenvalue weighted by Crippen LogP contribution is -2.40. The maximum Gasteiger partial charge on any atom is 0.198 e. The van der Waals surface area contributed by atoms with Crippen molar-refractivity contribution in [2.45, 2.75) is 39.7 Å². The zero-order valence-corrected chi connectivity index (χ0v) is 17.4. The smallest absolute Gasteiger partial charge is 0.198 e. The molecule has 0 atom stereocenters. The molecular formula is C18H25IN4S. The van der Waals surface area contributed by atoms with E-state index in [1.165, 1.54) is 24.1 Å². The number of benzene rings is 1. The molecule has 0 saturated carbocycles. The molecule has 0 amide bonds. The SMILES string of the molecule is Cc1nc(CN=C(Nc2ccccc2)N2CCCCC2)c(C)s1.I. The van der Waals surface area contributed by atoms with Crippen molar-refractivity contribution in [1.29, 1.82) is 0 Å². The van der Waals surface area contributed by atoms with Crippen LogP contribution in [0.4, 0.5) is 5.69 Å². The quantitative estimate of drug-likeness (QED) is 0.409. The Kier molecular flexibility index (Phi) is 7.48. The fourth-order valence-electron chi connectivity index (χ4n) is 2.84. The summed E-state index contributed by atoms with van der Waals surface area (Å²) in [7, 11) is 0. The molecule has 1 aliphatic rings. The summed E-state index contributed by atoms with van der Waals surface area (Å²) in [6.45, 7) is 6.97. The van der Waals surface area contributed by atoms with Gasteiger partial charge >= 0.3 is 0 Å². The minimum absolute atomic E-state index is 0. The molecule has 2 aromatic rings. The number of halogens is 1. The number of anilines is 1. The molecule has 3 rings (SSSR count). The number of guanidine groups is 1. The Hall–Kier alpha value is -1.15. The van der Waals surface area contributed by atoms with Gasteiger partial charge < -0.3 is 10.2 Å². The molecule has 0 spiro atoms. The lowest BCUT2D eigenvalue weighted by Gasteiger charge is -2.30. The molecule has 0 bridgehead atoms. The van der Waals surface area contributed by atoms with Crippen molar-refractivity contribution in [3.05, 3.63) is 45.9 Å². The Bertz CT molecular complexity index is 663. The summed E-state index contributed by atoms with van der Waals surface area (Å²) in [5.74, 6) is 0.973. The molecule has 1 saturated heterocycles. The van der Waals surface area contributed by atoms with Crippen LogP contribution in [-0.4, -0.2) is 28.9 Å². The van der Waals surface area contributed by atoms with Gasteiger partial charge in [0.2, 0.25) is 0 Å². The van der Waals surface area contributed by atoms with Crippen LogP contribution in [-0.2, 0) is 6.54 Å². The minimum atomic E-state index is 0. The van der Waals surface area contributed by atoms with Gasteiger partial charge in [0.05, 0.1) is 17.2 Å². The topological polar surface area (TPSA) is 40.5 Å². The first-order valence-corrected chi connectivity index (χ1v) is 9.08. The highest BCUT2D eigenvalue weighted by molar-refractivity contribution is 14.0. The van der Waals surface area contributed by atoms with Crippen LogP contribution in [0.3, 0.4) is 0 Å². The number of nitrogens with one attached hydrogen (secondary N) is 1. The minimum Gasteiger partial charge on any atom is -0.343 e. The van der Waals surface area contributed by atoms with Gasteiger partial charge in [0, 0.05) is 23.7 Å². The third-order valence-corrected chi connectivity index (χ3v) is 4.99. The van der Waals surface area contributed by atoms with Gasteiger partial charge in [-0.1, -0.05) is 18.2 Å². The Morgan fingerprint density at radius 1 is 1.17 bits per heavy atom. The maximum absolute atomic E-state index is 4.86. The zero-order valence-electron chi connectivity index (χ0n) is 14.3. The first kappa shape index (κ1) is 19.2. The summed E-state index contributed by atoms with van der Waals surface area (Å²) >= 11 is 1.75. The molecule has 2 heterocycles. The highest BCUT2D eigenvalue weighted by Gasteiger charge is 2.15. The van der Waals surface area contributed by atoms with Crippen LogP contribution in [0, 0.1) is 13.8 Å². The van der Waals surface area contributed by atoms with E-state index < -0.39 is 0 Å². The van der Waals surface area contributed by atoms with E-state index >= 15 is 0 Å². The molecule has 0 radical (unpaired) electrons. The number of aliphatic imine (C=N–C) groups is 1. The van der Waals surface area contributed by atoms with Crippen LogP contribution in [0.1, 0.15) is 34.8 Å². The van der Waals surface area contributed by atoms with Crippen molar-refractivity contribution in [2.24, 2.45) is 4.99 Å². The van der Waals surface area contributed by atoms with E-state index in [9.17, 15) is 0 Å². The molecule has 6 heteroatoms. The summed E-state index contributed by atoms with van der Waals surface area (Å²) in [5.41, 5.74) is 2.18. The molecule has 130 valence electrons. The van der Waals surface area contributed by atoms with Crippen LogP contribution in [0.5, 0.6) is 0 Å². The van der Waals surface area contributed by atoms with Gasteiger partial charge in [-0.05, 0) is 45.2 Å². The van der Waals surface area contributed by atoms with Crippen molar-refractivity contribution in [1.82, 2.24) is 9.88 Å². The molecule has 24 heavy (non-hydrogen) atoms. The summed E-state index contributed by atoms with van der Waals surface area (Å²) in [4.78, 5) is 13.1. The van der Waals surface area contributed by atoms with Gasteiger partial charge in [0.15, 0.2) is 5.96 Å². The number of aryl methyl sites for hydroxylation is 2. The van der Waals surface area contributed by atoms with Gasteiger partial charge in [0.25, 0.3) is 0 Å². The second-order valence-electron chi connectivity index (χ2n) is 5.91. The summed E-state index contributed by atoms with van der Waals surface area (Å²) < 4.78 is 0. The number of thiazole rings is 1. The van der Waals surface area contributed by atoms with Crippen LogP contribution in [0.25, 0.3) is 0 Å². The largest absolute Gasteiger partial charge is 0.343 e. The normalized spacial score (nSPS) is 15.1. The number of nitrogens with zero attached hydrogens (tertiary/aromatic N) is 3. The number of piperidine rings is 1. The maximum atomic E-state index is 4.86. The van der Waals surface area contributed by atoms with Crippen molar-refractivity contribution in [3.63, 3.8) is 0 Å². The molecule has 1 fully saturated rings. The standard InChI is InChI=1S/C18H24N4S.HI/c1-14-17(20-15(2)23-14)13-19-18(22-11-7-4-8-12-22)21-16-9-5-3-6-10-16;/h3,5-6,9-10H,4,7-8,11-13H2,1-2H3,(H,19,21);1H. The lowest BCUT2D eigenvalue weighted by molar-refractivity contribution is 0.340. The van der Waals surface area contributed by atoms with Crippen molar-refractivity contribution < 1.29 is 0 Å². The average molecular weight is 456 g/mol. The molecule has 1 aliphatic heterocycles. The number of aromatic nitrogens is 1. The van der Waals surface area contributed by atoms with E-state index in [0.29, 0.717) is 6.54 Å². The van der Waals surface area contributed by atoms with Gasteiger partial charge in [-0.2, -0.15) is 0 Å². The third kappa shape index (κ3) is 5.17. The third-order valence-electron chi connectivity index (χ3n) is 4.06. The van der Waals surface area contributed by atoms with E-state index in [-0.39, 0.29) is 24.0 Å². The monoisotopic (exact) mass is 456 g/mol. The molecule has 1 aromatic heterocycles. The van der Waals surface area contributed by atoms with Crippen LogP contribution in [0.2, 0.25) is 0 Å². The number of rotatable bonds is 3. The molecular weight excluding hydrogens is 431 g/mol. The van der Waals surface area contributed by atoms with Gasteiger partial charge in [-0.25, -0.2) is 9.98 Å². The molecule has 4 nitrogen and oxygen atoms in total. The second kappa shape index (κ2) is 9.36. The number of likely N-dealkylation sites (tertiary alicyclic amines) is 1. The Balaban J connectivity index is 0.00000208. The zero-order chi connectivity index (χ0) is 16.1. The highest BCUT2D eigenvalue weighted by atomic mass is 127. The van der Waals surface area contributed by atoms with Gasteiger partial charge in [-0.3, -0.25) is 0 Å².